The molecule has 7 heteroatoms. The summed E-state index contributed by atoms with van der Waals surface area (Å²) in [5.41, 5.74) is 4.09. The van der Waals surface area contributed by atoms with Gasteiger partial charge in [-0.25, -0.2) is 10.0 Å². The van der Waals surface area contributed by atoms with Crippen molar-refractivity contribution in [1.29, 1.82) is 0 Å². The summed E-state index contributed by atoms with van der Waals surface area (Å²) in [6.45, 7) is 2.33. The Hall–Kier alpha value is -3.32. The van der Waals surface area contributed by atoms with Crippen LogP contribution in [-0.4, -0.2) is 34.3 Å². The first-order chi connectivity index (χ1) is 14.2. The van der Waals surface area contributed by atoms with Crippen molar-refractivity contribution in [2.75, 3.05) is 23.3 Å². The first kappa shape index (κ1) is 19.0. The van der Waals surface area contributed by atoms with Crippen LogP contribution in [0.2, 0.25) is 0 Å². The molecule has 0 saturated carbocycles. The number of carbonyl (C=O) groups excluding carboxylic acids is 1. The Morgan fingerprint density at radius 1 is 1.03 bits per heavy atom. The predicted octanol–water partition coefficient (Wildman–Crippen LogP) is 4.44. The molecule has 29 heavy (non-hydrogen) atoms. The maximum absolute atomic E-state index is 12.0. The van der Waals surface area contributed by atoms with E-state index in [0.29, 0.717) is 5.06 Å². The van der Waals surface area contributed by atoms with Crippen molar-refractivity contribution in [2.24, 2.45) is 0 Å². The average molecular weight is 392 g/mol. The van der Waals surface area contributed by atoms with Gasteiger partial charge in [0.2, 0.25) is 0 Å². The minimum atomic E-state index is -0.602. The van der Waals surface area contributed by atoms with E-state index in [-0.39, 0.29) is 12.2 Å². The van der Waals surface area contributed by atoms with Gasteiger partial charge < -0.3 is 14.6 Å². The molecule has 1 fully saturated rings. The lowest BCUT2D eigenvalue weighted by Gasteiger charge is -2.28. The van der Waals surface area contributed by atoms with Gasteiger partial charge in [0.1, 0.15) is 6.26 Å². The summed E-state index contributed by atoms with van der Waals surface area (Å²) in [7, 11) is 0. The molecule has 4 rings (SSSR count). The van der Waals surface area contributed by atoms with Crippen LogP contribution in [0.15, 0.2) is 65.6 Å². The summed E-state index contributed by atoms with van der Waals surface area (Å²) >= 11 is 0. The summed E-state index contributed by atoms with van der Waals surface area (Å²) < 4.78 is 4.77. The normalized spacial score (nSPS) is 13.9. The second kappa shape index (κ2) is 8.79. The number of hydrogen-bond donors (Lipinski definition) is 2. The van der Waals surface area contributed by atoms with E-state index >= 15 is 0 Å². The van der Waals surface area contributed by atoms with Gasteiger partial charge in [0.05, 0.1) is 6.54 Å². The van der Waals surface area contributed by atoms with E-state index in [2.05, 4.69) is 39.5 Å². The first-order valence-electron chi connectivity index (χ1n) is 9.79. The number of benzene rings is 2. The van der Waals surface area contributed by atoms with E-state index in [1.807, 2.05) is 24.3 Å². The van der Waals surface area contributed by atoms with E-state index in [9.17, 15) is 10.0 Å². The largest absolute Gasteiger partial charge is 0.451 e. The van der Waals surface area contributed by atoms with Crippen molar-refractivity contribution in [3.63, 3.8) is 0 Å². The lowest BCUT2D eigenvalue weighted by atomic mass is 10.1. The predicted molar refractivity (Wildman–Crippen MR) is 110 cm³/mol. The van der Waals surface area contributed by atoms with Crippen LogP contribution >= 0.6 is 0 Å². The van der Waals surface area contributed by atoms with E-state index in [4.69, 9.17) is 4.42 Å². The van der Waals surface area contributed by atoms with Crippen molar-refractivity contribution in [3.05, 3.63) is 72.4 Å². The summed E-state index contributed by atoms with van der Waals surface area (Å²) in [6.07, 6.45) is 6.22. The van der Waals surface area contributed by atoms with Crippen LogP contribution in [0, 0.1) is 0 Å². The standard InChI is InChI=1S/C22H24N4O3/c27-22(21-15-29-16-23-21)26(28)14-17-4-6-18(7-5-17)24-19-8-10-20(11-9-19)25-12-2-1-3-13-25/h4-11,15-16,24,28H,1-3,12-14H2. The molecule has 0 atom stereocenters. The first-order valence-corrected chi connectivity index (χ1v) is 9.79. The average Bonchev–Trinajstić information content (AvgIpc) is 3.31. The molecule has 0 radical (unpaired) electrons. The lowest BCUT2D eigenvalue weighted by Crippen LogP contribution is -2.29. The minimum absolute atomic E-state index is 0.0660. The lowest BCUT2D eigenvalue weighted by molar-refractivity contribution is -0.0652. The summed E-state index contributed by atoms with van der Waals surface area (Å²) in [6, 6.07) is 16.0. The van der Waals surface area contributed by atoms with E-state index in [1.165, 1.54) is 31.2 Å². The van der Waals surface area contributed by atoms with Crippen molar-refractivity contribution in [2.45, 2.75) is 25.8 Å². The third kappa shape index (κ3) is 4.75. The number of hydroxylamine groups is 2. The number of nitrogens with one attached hydrogen (secondary N) is 1. The number of piperidine rings is 1. The number of aromatic nitrogens is 1. The second-order valence-electron chi connectivity index (χ2n) is 7.15. The molecule has 1 aromatic heterocycles. The van der Waals surface area contributed by atoms with Gasteiger partial charge in [-0.2, -0.15) is 0 Å². The quantitative estimate of drug-likeness (QED) is 0.477. The Kier molecular flexibility index (Phi) is 5.76. The van der Waals surface area contributed by atoms with Crippen LogP contribution in [0.4, 0.5) is 17.1 Å². The Balaban J connectivity index is 1.33. The summed E-state index contributed by atoms with van der Waals surface area (Å²) in [5, 5.41) is 14.0. The highest BCUT2D eigenvalue weighted by molar-refractivity contribution is 5.90. The van der Waals surface area contributed by atoms with E-state index in [0.717, 1.165) is 36.4 Å². The summed E-state index contributed by atoms with van der Waals surface area (Å²) in [4.78, 5) is 18.2. The molecule has 7 nitrogen and oxygen atoms in total. The molecule has 0 spiro atoms. The van der Waals surface area contributed by atoms with Gasteiger partial charge in [-0.1, -0.05) is 12.1 Å². The molecule has 150 valence electrons. The highest BCUT2D eigenvalue weighted by Crippen LogP contribution is 2.24. The Labute approximate surface area is 169 Å². The Morgan fingerprint density at radius 3 is 2.31 bits per heavy atom. The van der Waals surface area contributed by atoms with Gasteiger partial charge >= 0.3 is 0 Å². The number of oxazole rings is 1. The molecule has 3 aromatic rings. The van der Waals surface area contributed by atoms with Gasteiger partial charge in [-0.05, 0) is 61.2 Å². The molecule has 2 heterocycles. The fourth-order valence-corrected chi connectivity index (χ4v) is 3.46. The monoisotopic (exact) mass is 392 g/mol. The molecular weight excluding hydrogens is 368 g/mol. The van der Waals surface area contributed by atoms with Crippen LogP contribution in [0.25, 0.3) is 0 Å². The smallest absolute Gasteiger partial charge is 0.299 e. The molecule has 0 unspecified atom stereocenters. The maximum atomic E-state index is 12.0. The Bertz CT molecular complexity index is 918. The maximum Gasteiger partial charge on any atom is 0.299 e. The second-order valence-corrected chi connectivity index (χ2v) is 7.15. The van der Waals surface area contributed by atoms with E-state index < -0.39 is 5.91 Å². The van der Waals surface area contributed by atoms with Gasteiger partial charge in [0, 0.05) is 30.2 Å². The summed E-state index contributed by atoms with van der Waals surface area (Å²) in [5.74, 6) is -0.602. The van der Waals surface area contributed by atoms with Gasteiger partial charge in [0.25, 0.3) is 5.91 Å². The molecule has 2 aromatic carbocycles. The molecule has 1 aliphatic heterocycles. The zero-order valence-electron chi connectivity index (χ0n) is 16.1. The van der Waals surface area contributed by atoms with Crippen molar-refractivity contribution >= 4 is 23.0 Å². The molecular formula is C22H24N4O3. The van der Waals surface area contributed by atoms with Gasteiger partial charge in [-0.3, -0.25) is 10.0 Å². The number of anilines is 3. The number of rotatable bonds is 6. The SMILES string of the molecule is O=C(c1cocn1)N(O)Cc1ccc(Nc2ccc(N3CCCCC3)cc2)cc1. The number of amides is 1. The van der Waals surface area contributed by atoms with Crippen LogP contribution < -0.4 is 10.2 Å². The third-order valence-corrected chi connectivity index (χ3v) is 5.05. The van der Waals surface area contributed by atoms with Crippen molar-refractivity contribution in [1.82, 2.24) is 10.0 Å². The molecule has 1 saturated heterocycles. The van der Waals surface area contributed by atoms with Gasteiger partial charge in [-0.15, -0.1) is 0 Å². The van der Waals surface area contributed by atoms with Crippen LogP contribution in [-0.2, 0) is 6.54 Å². The van der Waals surface area contributed by atoms with Crippen LogP contribution in [0.3, 0.4) is 0 Å². The van der Waals surface area contributed by atoms with Gasteiger partial charge in [0.15, 0.2) is 12.1 Å². The fourth-order valence-electron chi connectivity index (χ4n) is 3.46. The third-order valence-electron chi connectivity index (χ3n) is 5.05. The minimum Gasteiger partial charge on any atom is -0.451 e. The molecule has 2 N–H and O–H groups in total. The molecule has 1 amide bonds. The van der Waals surface area contributed by atoms with E-state index in [1.54, 1.807) is 0 Å². The number of hydrogen-bond acceptors (Lipinski definition) is 6. The zero-order valence-corrected chi connectivity index (χ0v) is 16.1. The highest BCUT2D eigenvalue weighted by atomic mass is 16.5. The number of carbonyl (C=O) groups is 1. The molecule has 0 aliphatic carbocycles. The van der Waals surface area contributed by atoms with Crippen molar-refractivity contribution in [3.8, 4) is 0 Å². The Morgan fingerprint density at radius 2 is 1.69 bits per heavy atom. The number of nitrogens with zero attached hydrogens (tertiary/aromatic N) is 3. The fraction of sp³-hybridized carbons (Fsp3) is 0.273. The van der Waals surface area contributed by atoms with Crippen LogP contribution in [0.5, 0.6) is 0 Å². The molecule has 1 aliphatic rings. The topological polar surface area (TPSA) is 81.8 Å². The van der Waals surface area contributed by atoms with Crippen molar-refractivity contribution < 1.29 is 14.4 Å². The highest BCUT2D eigenvalue weighted by Gasteiger charge is 2.16. The van der Waals surface area contributed by atoms with Crippen LogP contribution in [0.1, 0.15) is 35.3 Å². The molecule has 0 bridgehead atoms. The zero-order chi connectivity index (χ0) is 20.1.